The second-order valence-corrected chi connectivity index (χ2v) is 9.63. The van der Waals surface area contributed by atoms with Gasteiger partial charge in [0, 0.05) is 23.5 Å². The summed E-state index contributed by atoms with van der Waals surface area (Å²) in [6.07, 6.45) is 16.7. The highest BCUT2D eigenvalue weighted by Crippen LogP contribution is 2.54. The molecule has 1 aliphatic carbocycles. The Labute approximate surface area is 243 Å². The molecule has 0 bridgehead atoms. The highest BCUT2D eigenvalue weighted by atomic mass is 16.4. The molecule has 210 valence electrons. The van der Waals surface area contributed by atoms with Gasteiger partial charge in [-0.25, -0.2) is 9.97 Å². The van der Waals surface area contributed by atoms with Crippen molar-refractivity contribution >= 4 is 5.57 Å². The molecule has 4 aromatic rings. The molecule has 42 heavy (non-hydrogen) atoms. The number of aromatic nitrogens is 3. The molecule has 1 aliphatic rings. The maximum atomic E-state index is 10.7. The van der Waals surface area contributed by atoms with Crippen LogP contribution in [0.2, 0.25) is 0 Å². The average Bonchev–Trinajstić information content (AvgIpc) is 3.03. The Hall–Kier alpha value is -5.63. The number of phenolic OH excluding ortho intramolecular Hbond substituents is 5. The van der Waals surface area contributed by atoms with E-state index in [0.29, 0.717) is 17.0 Å². The molecule has 0 saturated carbocycles. The predicted molar refractivity (Wildman–Crippen MR) is 163 cm³/mol. The van der Waals surface area contributed by atoms with E-state index in [2.05, 4.69) is 21.5 Å². The fourth-order valence-corrected chi connectivity index (χ4v) is 4.83. The summed E-state index contributed by atoms with van der Waals surface area (Å²) in [5, 5.41) is 51.8. The molecule has 0 saturated heterocycles. The van der Waals surface area contributed by atoms with Crippen LogP contribution in [0.25, 0.3) is 39.3 Å². The topological polar surface area (TPSA) is 140 Å². The zero-order chi connectivity index (χ0) is 29.8. The van der Waals surface area contributed by atoms with Gasteiger partial charge in [-0.05, 0) is 66.3 Å². The Kier molecular flexibility index (Phi) is 7.88. The van der Waals surface area contributed by atoms with Crippen molar-refractivity contribution in [2.24, 2.45) is 0 Å². The molecule has 5 rings (SSSR count). The quantitative estimate of drug-likeness (QED) is 0.0910. The number of pyridine rings is 1. The Morgan fingerprint density at radius 2 is 1.52 bits per heavy atom. The van der Waals surface area contributed by atoms with E-state index in [9.17, 15) is 25.5 Å². The standard InChI is InChI=1S/C34H29N3O5/c1-3-8-20(9-4-2)21-10-5-12-23(16-21)26-18-27(24-13-6-11-22(17-24)25-14-7-15-35-19-25)37-34(36-26)28-29(38)31(40)33(42)32(41)30(28)39/h3-4,6-9,11-19,38-42H,1,5,10H2,2H3/b9-4-,20-8+. The smallest absolute Gasteiger partial charge is 0.208 e. The highest BCUT2D eigenvalue weighted by molar-refractivity contribution is 5.85. The van der Waals surface area contributed by atoms with Crippen molar-refractivity contribution in [3.8, 4) is 62.5 Å². The van der Waals surface area contributed by atoms with Gasteiger partial charge in [-0.2, -0.15) is 0 Å². The van der Waals surface area contributed by atoms with Gasteiger partial charge in [-0.3, -0.25) is 4.98 Å². The minimum Gasteiger partial charge on any atom is -0.504 e. The second kappa shape index (κ2) is 11.9. The Balaban J connectivity index is 1.73. The van der Waals surface area contributed by atoms with Crippen LogP contribution in [-0.4, -0.2) is 40.5 Å². The van der Waals surface area contributed by atoms with Crippen molar-refractivity contribution in [1.29, 1.82) is 0 Å². The molecule has 0 fully saturated rings. The molecule has 0 atom stereocenters. The number of aromatic hydroxyl groups is 5. The number of nitrogens with zero attached hydrogens (tertiary/aromatic N) is 3. The molecular weight excluding hydrogens is 530 g/mol. The van der Waals surface area contributed by atoms with Gasteiger partial charge in [0.15, 0.2) is 17.3 Å². The largest absolute Gasteiger partial charge is 0.504 e. The van der Waals surface area contributed by atoms with Crippen LogP contribution in [-0.2, 0) is 0 Å². The lowest BCUT2D eigenvalue weighted by atomic mass is 9.91. The molecule has 5 N–H and O–H groups in total. The molecule has 0 amide bonds. The summed E-state index contributed by atoms with van der Waals surface area (Å²) in [6.45, 7) is 5.77. The lowest BCUT2D eigenvalue weighted by molar-refractivity contribution is 0.329. The number of allylic oxidation sites excluding steroid dienone is 9. The number of rotatable bonds is 7. The van der Waals surface area contributed by atoms with Gasteiger partial charge in [0.2, 0.25) is 17.2 Å². The first-order chi connectivity index (χ1) is 20.3. The van der Waals surface area contributed by atoms with Crippen molar-refractivity contribution in [3.05, 3.63) is 115 Å². The summed E-state index contributed by atoms with van der Waals surface area (Å²) in [6, 6.07) is 13.2. The average molecular weight is 560 g/mol. The Morgan fingerprint density at radius 3 is 2.21 bits per heavy atom. The van der Waals surface area contributed by atoms with E-state index in [1.54, 1.807) is 24.5 Å². The van der Waals surface area contributed by atoms with Gasteiger partial charge in [-0.1, -0.05) is 61.2 Å². The van der Waals surface area contributed by atoms with Gasteiger partial charge < -0.3 is 25.5 Å². The molecule has 0 unspecified atom stereocenters. The molecular formula is C34H29N3O5. The fourth-order valence-electron chi connectivity index (χ4n) is 4.83. The number of benzene rings is 2. The van der Waals surface area contributed by atoms with Crippen molar-refractivity contribution in [2.75, 3.05) is 0 Å². The van der Waals surface area contributed by atoms with E-state index in [-0.39, 0.29) is 5.82 Å². The molecule has 8 nitrogen and oxygen atoms in total. The van der Waals surface area contributed by atoms with E-state index in [0.717, 1.165) is 40.7 Å². The third-order valence-electron chi connectivity index (χ3n) is 6.89. The van der Waals surface area contributed by atoms with Crippen LogP contribution in [0.1, 0.15) is 25.5 Å². The Bertz CT molecular complexity index is 1770. The summed E-state index contributed by atoms with van der Waals surface area (Å²) in [4.78, 5) is 13.5. The highest BCUT2D eigenvalue weighted by Gasteiger charge is 2.27. The van der Waals surface area contributed by atoms with Crippen LogP contribution in [0.4, 0.5) is 0 Å². The number of hydrogen-bond donors (Lipinski definition) is 5. The van der Waals surface area contributed by atoms with Crippen molar-refractivity contribution in [1.82, 2.24) is 15.0 Å². The lowest BCUT2D eigenvalue weighted by Gasteiger charge is -2.17. The van der Waals surface area contributed by atoms with E-state index in [4.69, 9.17) is 0 Å². The molecule has 0 spiro atoms. The first-order valence-electron chi connectivity index (χ1n) is 13.3. The number of hydrogen-bond acceptors (Lipinski definition) is 8. The summed E-state index contributed by atoms with van der Waals surface area (Å²) >= 11 is 0. The molecule has 2 aromatic heterocycles. The second-order valence-electron chi connectivity index (χ2n) is 9.63. The predicted octanol–water partition coefficient (Wildman–Crippen LogP) is 7.19. The monoisotopic (exact) mass is 559 g/mol. The Morgan fingerprint density at radius 1 is 0.833 bits per heavy atom. The van der Waals surface area contributed by atoms with E-state index in [1.165, 1.54) is 0 Å². The first-order valence-corrected chi connectivity index (χ1v) is 13.3. The van der Waals surface area contributed by atoms with Crippen LogP contribution < -0.4 is 0 Å². The van der Waals surface area contributed by atoms with Crippen LogP contribution in [0.5, 0.6) is 28.7 Å². The van der Waals surface area contributed by atoms with E-state index < -0.39 is 34.3 Å². The van der Waals surface area contributed by atoms with E-state index in [1.807, 2.05) is 73.7 Å². The zero-order valence-electron chi connectivity index (χ0n) is 22.9. The van der Waals surface area contributed by atoms with Gasteiger partial charge >= 0.3 is 0 Å². The molecule has 2 heterocycles. The minimum atomic E-state index is -1.05. The third kappa shape index (κ3) is 5.38. The van der Waals surface area contributed by atoms with E-state index >= 15 is 0 Å². The first kappa shape index (κ1) is 27.9. The maximum Gasteiger partial charge on any atom is 0.208 e. The van der Waals surface area contributed by atoms with Crippen molar-refractivity contribution < 1.29 is 25.5 Å². The van der Waals surface area contributed by atoms with Crippen LogP contribution in [0.15, 0.2) is 109 Å². The van der Waals surface area contributed by atoms with Gasteiger partial charge in [-0.15, -0.1) is 0 Å². The van der Waals surface area contributed by atoms with Crippen molar-refractivity contribution in [3.63, 3.8) is 0 Å². The fraction of sp³-hybridized carbons (Fsp3) is 0.0882. The van der Waals surface area contributed by atoms with Crippen molar-refractivity contribution in [2.45, 2.75) is 19.8 Å². The van der Waals surface area contributed by atoms with Gasteiger partial charge in [0.1, 0.15) is 5.56 Å². The zero-order valence-corrected chi connectivity index (χ0v) is 22.9. The summed E-state index contributed by atoms with van der Waals surface area (Å²) < 4.78 is 0. The normalized spacial score (nSPS) is 13.6. The van der Waals surface area contributed by atoms with Gasteiger partial charge in [0.05, 0.1) is 11.4 Å². The minimum absolute atomic E-state index is 0.161. The SMILES string of the molecule is C=C/C=C(\C=C/C)C1=CC(c2cc(-c3cccc(-c4cccnc4)c3)nc(-c3c(O)c(O)c(O)c(O)c3O)n2)=CCC1. The summed E-state index contributed by atoms with van der Waals surface area (Å²) in [7, 11) is 0. The van der Waals surface area contributed by atoms with Gasteiger partial charge in [0.25, 0.3) is 0 Å². The lowest BCUT2D eigenvalue weighted by Crippen LogP contribution is -2.01. The van der Waals surface area contributed by atoms with Crippen LogP contribution in [0, 0.1) is 0 Å². The molecule has 0 aliphatic heterocycles. The molecule has 2 aromatic carbocycles. The summed E-state index contributed by atoms with van der Waals surface area (Å²) in [5.41, 5.74) is 5.94. The molecule has 8 heteroatoms. The molecule has 0 radical (unpaired) electrons. The summed E-state index contributed by atoms with van der Waals surface area (Å²) in [5.74, 6) is -4.95. The van der Waals surface area contributed by atoms with Crippen LogP contribution in [0.3, 0.4) is 0 Å². The third-order valence-corrected chi connectivity index (χ3v) is 6.89. The maximum absolute atomic E-state index is 10.7. The number of phenols is 5. The van der Waals surface area contributed by atoms with Crippen LogP contribution >= 0.6 is 0 Å².